The standard InChI is InChI=1S/C15H20F2N2OS/c1-21-7-5-15(20)19-14-9-18-6-4-11(14)10-2-3-12(16)13(17)8-10/h2-3,8,11,14,18H,4-7,9H2,1H3,(H,19,20). The summed E-state index contributed by atoms with van der Waals surface area (Å²) in [6.07, 6.45) is 3.22. The summed E-state index contributed by atoms with van der Waals surface area (Å²) in [5.41, 5.74) is 0.741. The zero-order chi connectivity index (χ0) is 15.2. The summed E-state index contributed by atoms with van der Waals surface area (Å²) in [7, 11) is 0. The number of hydrogen-bond donors (Lipinski definition) is 2. The maximum Gasteiger partial charge on any atom is 0.221 e. The fourth-order valence-electron chi connectivity index (χ4n) is 2.63. The zero-order valence-electron chi connectivity index (χ0n) is 12.0. The second kappa shape index (κ2) is 7.75. The lowest BCUT2D eigenvalue weighted by atomic mass is 9.86. The minimum atomic E-state index is -0.840. The van der Waals surface area contributed by atoms with Gasteiger partial charge in [0.2, 0.25) is 5.91 Å². The molecule has 3 nitrogen and oxygen atoms in total. The van der Waals surface area contributed by atoms with Crippen LogP contribution < -0.4 is 10.6 Å². The summed E-state index contributed by atoms with van der Waals surface area (Å²) >= 11 is 1.63. The van der Waals surface area contributed by atoms with Crippen LogP contribution in [0.15, 0.2) is 18.2 Å². The van der Waals surface area contributed by atoms with Gasteiger partial charge < -0.3 is 10.6 Å². The smallest absolute Gasteiger partial charge is 0.221 e. The summed E-state index contributed by atoms with van der Waals surface area (Å²) in [6, 6.07) is 3.92. The van der Waals surface area contributed by atoms with Crippen molar-refractivity contribution in [2.45, 2.75) is 24.8 Å². The number of amides is 1. The maximum atomic E-state index is 13.4. The number of hydrogen-bond acceptors (Lipinski definition) is 3. The van der Waals surface area contributed by atoms with E-state index in [-0.39, 0.29) is 17.9 Å². The molecule has 2 N–H and O–H groups in total. The lowest BCUT2D eigenvalue weighted by Gasteiger charge is -2.33. The van der Waals surface area contributed by atoms with E-state index in [0.717, 1.165) is 30.3 Å². The fraction of sp³-hybridized carbons (Fsp3) is 0.533. The average Bonchev–Trinajstić information content (AvgIpc) is 2.48. The minimum Gasteiger partial charge on any atom is -0.351 e. The molecular formula is C15H20F2N2OS. The van der Waals surface area contributed by atoms with Gasteiger partial charge in [-0.1, -0.05) is 6.07 Å². The fourth-order valence-corrected chi connectivity index (χ4v) is 3.02. The van der Waals surface area contributed by atoms with E-state index in [0.29, 0.717) is 13.0 Å². The number of thioether (sulfide) groups is 1. The van der Waals surface area contributed by atoms with Crippen molar-refractivity contribution in [3.63, 3.8) is 0 Å². The number of halogens is 2. The van der Waals surface area contributed by atoms with Gasteiger partial charge in [-0.25, -0.2) is 8.78 Å². The van der Waals surface area contributed by atoms with Crippen molar-refractivity contribution in [3.05, 3.63) is 35.4 Å². The Morgan fingerprint density at radius 3 is 2.95 bits per heavy atom. The molecule has 0 aromatic heterocycles. The van der Waals surface area contributed by atoms with Gasteiger partial charge in [-0.2, -0.15) is 11.8 Å². The predicted octanol–water partition coefficient (Wildman–Crippen LogP) is 2.28. The highest BCUT2D eigenvalue weighted by Crippen LogP contribution is 2.27. The maximum absolute atomic E-state index is 13.4. The molecule has 1 aromatic carbocycles. The van der Waals surface area contributed by atoms with Crippen LogP contribution in [0.5, 0.6) is 0 Å². The van der Waals surface area contributed by atoms with Gasteiger partial charge in [0.1, 0.15) is 0 Å². The Balaban J connectivity index is 2.07. The van der Waals surface area contributed by atoms with Crippen LogP contribution in [0.2, 0.25) is 0 Å². The molecule has 0 saturated carbocycles. The molecule has 1 amide bonds. The van der Waals surface area contributed by atoms with E-state index >= 15 is 0 Å². The third kappa shape index (κ3) is 4.41. The Morgan fingerprint density at radius 1 is 1.43 bits per heavy atom. The number of carbonyl (C=O) groups is 1. The molecule has 6 heteroatoms. The van der Waals surface area contributed by atoms with E-state index in [1.165, 1.54) is 6.07 Å². The molecule has 0 aliphatic carbocycles. The van der Waals surface area contributed by atoms with Gasteiger partial charge in [0.15, 0.2) is 11.6 Å². The van der Waals surface area contributed by atoms with Crippen LogP contribution >= 0.6 is 11.8 Å². The molecular weight excluding hydrogens is 294 g/mol. The van der Waals surface area contributed by atoms with Gasteiger partial charge in [-0.3, -0.25) is 4.79 Å². The molecule has 1 fully saturated rings. The number of carbonyl (C=O) groups excluding carboxylic acids is 1. The molecule has 2 unspecified atom stereocenters. The van der Waals surface area contributed by atoms with Gasteiger partial charge in [0.05, 0.1) is 0 Å². The summed E-state index contributed by atoms with van der Waals surface area (Å²) < 4.78 is 26.5. The van der Waals surface area contributed by atoms with Crippen LogP contribution in [0.1, 0.15) is 24.3 Å². The van der Waals surface area contributed by atoms with E-state index in [1.807, 2.05) is 6.26 Å². The van der Waals surface area contributed by atoms with Crippen LogP contribution in [0.25, 0.3) is 0 Å². The van der Waals surface area contributed by atoms with Gasteiger partial charge >= 0.3 is 0 Å². The van der Waals surface area contributed by atoms with Crippen molar-refractivity contribution in [2.75, 3.05) is 25.1 Å². The van der Waals surface area contributed by atoms with E-state index in [9.17, 15) is 13.6 Å². The molecule has 21 heavy (non-hydrogen) atoms. The first kappa shape index (κ1) is 16.2. The summed E-state index contributed by atoms with van der Waals surface area (Å²) in [5, 5.41) is 6.24. The lowest BCUT2D eigenvalue weighted by molar-refractivity contribution is -0.121. The SMILES string of the molecule is CSCCC(=O)NC1CNCCC1c1ccc(F)c(F)c1. The van der Waals surface area contributed by atoms with Crippen molar-refractivity contribution in [1.82, 2.24) is 10.6 Å². The van der Waals surface area contributed by atoms with Crippen LogP contribution in [-0.2, 0) is 4.79 Å². The van der Waals surface area contributed by atoms with Gasteiger partial charge in [0, 0.05) is 30.7 Å². The third-order valence-electron chi connectivity index (χ3n) is 3.73. The van der Waals surface area contributed by atoms with Crippen LogP contribution in [0.3, 0.4) is 0 Å². The molecule has 1 aromatic rings. The van der Waals surface area contributed by atoms with E-state index in [1.54, 1.807) is 17.8 Å². The monoisotopic (exact) mass is 314 g/mol. The first-order chi connectivity index (χ1) is 10.1. The van der Waals surface area contributed by atoms with Crippen molar-refractivity contribution in [1.29, 1.82) is 0 Å². The average molecular weight is 314 g/mol. The normalized spacial score (nSPS) is 22.0. The predicted molar refractivity (Wildman–Crippen MR) is 81.5 cm³/mol. The Hall–Kier alpha value is -1.14. The van der Waals surface area contributed by atoms with E-state index < -0.39 is 11.6 Å². The molecule has 1 aliphatic rings. The highest BCUT2D eigenvalue weighted by molar-refractivity contribution is 7.98. The van der Waals surface area contributed by atoms with Crippen LogP contribution in [0.4, 0.5) is 8.78 Å². The Bertz CT molecular complexity index is 499. The Labute approximate surface area is 127 Å². The number of benzene rings is 1. The van der Waals surface area contributed by atoms with Crippen molar-refractivity contribution >= 4 is 17.7 Å². The quantitative estimate of drug-likeness (QED) is 0.876. The van der Waals surface area contributed by atoms with Crippen molar-refractivity contribution < 1.29 is 13.6 Å². The van der Waals surface area contributed by atoms with Crippen LogP contribution in [0, 0.1) is 11.6 Å². The lowest BCUT2D eigenvalue weighted by Crippen LogP contribution is -2.50. The first-order valence-electron chi connectivity index (χ1n) is 7.05. The highest BCUT2D eigenvalue weighted by Gasteiger charge is 2.28. The highest BCUT2D eigenvalue weighted by atomic mass is 32.2. The topological polar surface area (TPSA) is 41.1 Å². The Kier molecular flexibility index (Phi) is 5.99. The molecule has 2 atom stereocenters. The molecule has 0 spiro atoms. The van der Waals surface area contributed by atoms with Gasteiger partial charge in [0.25, 0.3) is 0 Å². The Morgan fingerprint density at radius 2 is 2.24 bits per heavy atom. The van der Waals surface area contributed by atoms with Crippen LogP contribution in [-0.4, -0.2) is 37.0 Å². The molecule has 1 saturated heterocycles. The second-order valence-corrected chi connectivity index (χ2v) is 6.18. The first-order valence-corrected chi connectivity index (χ1v) is 8.45. The number of nitrogens with one attached hydrogen (secondary N) is 2. The number of piperidine rings is 1. The summed E-state index contributed by atoms with van der Waals surface area (Å²) in [4.78, 5) is 11.9. The molecule has 1 aliphatic heterocycles. The van der Waals surface area contributed by atoms with E-state index in [4.69, 9.17) is 0 Å². The molecule has 0 radical (unpaired) electrons. The molecule has 0 bridgehead atoms. The molecule has 1 heterocycles. The van der Waals surface area contributed by atoms with E-state index in [2.05, 4.69) is 10.6 Å². The summed E-state index contributed by atoms with van der Waals surface area (Å²) in [6.45, 7) is 1.45. The minimum absolute atomic E-state index is 0.00522. The third-order valence-corrected chi connectivity index (χ3v) is 4.35. The largest absolute Gasteiger partial charge is 0.351 e. The summed E-state index contributed by atoms with van der Waals surface area (Å²) in [5.74, 6) is -0.876. The number of rotatable bonds is 5. The molecule has 116 valence electrons. The molecule has 2 rings (SSSR count). The zero-order valence-corrected chi connectivity index (χ0v) is 12.8. The second-order valence-electron chi connectivity index (χ2n) is 5.19. The van der Waals surface area contributed by atoms with Crippen molar-refractivity contribution in [2.24, 2.45) is 0 Å². The van der Waals surface area contributed by atoms with Gasteiger partial charge in [-0.15, -0.1) is 0 Å². The van der Waals surface area contributed by atoms with Gasteiger partial charge in [-0.05, 0) is 36.9 Å². The van der Waals surface area contributed by atoms with Crippen molar-refractivity contribution in [3.8, 4) is 0 Å².